The fourth-order valence-corrected chi connectivity index (χ4v) is 1.98. The molecule has 0 saturated carbocycles. The number of anilines is 1. The van der Waals surface area contributed by atoms with Crippen molar-refractivity contribution in [2.45, 2.75) is 19.9 Å². The van der Waals surface area contributed by atoms with E-state index < -0.39 is 17.2 Å². The van der Waals surface area contributed by atoms with Crippen molar-refractivity contribution < 1.29 is 9.90 Å². The first kappa shape index (κ1) is 13.8. The van der Waals surface area contributed by atoms with Crippen LogP contribution < -0.4 is 16.6 Å². The highest BCUT2D eigenvalue weighted by molar-refractivity contribution is 5.74. The minimum atomic E-state index is -0.931. The summed E-state index contributed by atoms with van der Waals surface area (Å²) >= 11 is 0. The predicted octanol–water partition coefficient (Wildman–Crippen LogP) is -0.670. The van der Waals surface area contributed by atoms with Crippen molar-refractivity contribution in [1.82, 2.24) is 19.1 Å². The second-order valence-electron chi connectivity index (χ2n) is 4.24. The summed E-state index contributed by atoms with van der Waals surface area (Å²) in [5.41, 5.74) is -0.484. The van der Waals surface area contributed by atoms with E-state index in [1.807, 2.05) is 0 Å². The first-order valence-corrected chi connectivity index (χ1v) is 6.11. The second-order valence-corrected chi connectivity index (χ2v) is 4.24. The van der Waals surface area contributed by atoms with Crippen LogP contribution in [0.5, 0.6) is 0 Å². The number of carbonyl (C=O) groups is 1. The number of aryl methyl sites for hydroxylation is 2. The van der Waals surface area contributed by atoms with Crippen molar-refractivity contribution in [2.75, 3.05) is 11.9 Å². The number of nitrogens with zero attached hydrogens (tertiary/aromatic N) is 3. The van der Waals surface area contributed by atoms with Gasteiger partial charge in [0.1, 0.15) is 0 Å². The molecule has 9 nitrogen and oxygen atoms in total. The third-order valence-corrected chi connectivity index (χ3v) is 2.95. The van der Waals surface area contributed by atoms with Crippen LogP contribution in [0.2, 0.25) is 0 Å². The number of hydrogen-bond donors (Lipinski definition) is 3. The Hall–Kier alpha value is -2.58. The maximum absolute atomic E-state index is 11.8. The number of nitrogens with one attached hydrogen (secondary N) is 2. The van der Waals surface area contributed by atoms with Gasteiger partial charge in [0.05, 0.1) is 6.42 Å². The lowest BCUT2D eigenvalue weighted by Gasteiger charge is -2.03. The summed E-state index contributed by atoms with van der Waals surface area (Å²) < 4.78 is 2.85. The molecule has 0 bridgehead atoms. The number of H-pyrrole nitrogens is 1. The molecule has 0 radical (unpaired) electrons. The Labute approximate surface area is 112 Å². The summed E-state index contributed by atoms with van der Waals surface area (Å²) in [7, 11) is 1.62. The third kappa shape index (κ3) is 2.29. The first-order valence-electron chi connectivity index (χ1n) is 6.11. The molecular formula is C11H15N5O4. The van der Waals surface area contributed by atoms with Crippen LogP contribution in [0.15, 0.2) is 9.59 Å². The normalized spacial score (nSPS) is 10.9. The van der Waals surface area contributed by atoms with Crippen LogP contribution in [0.4, 0.5) is 5.95 Å². The molecule has 0 fully saturated rings. The molecule has 20 heavy (non-hydrogen) atoms. The van der Waals surface area contributed by atoms with E-state index in [1.54, 1.807) is 14.0 Å². The van der Waals surface area contributed by atoms with E-state index in [0.29, 0.717) is 12.5 Å². The molecule has 3 N–H and O–H groups in total. The number of aromatic nitrogens is 4. The summed E-state index contributed by atoms with van der Waals surface area (Å²) in [5, 5.41) is 11.4. The van der Waals surface area contributed by atoms with E-state index in [-0.39, 0.29) is 24.1 Å². The number of hydrogen-bond acceptors (Lipinski definition) is 5. The lowest BCUT2D eigenvalue weighted by atomic mass is 10.4. The lowest BCUT2D eigenvalue weighted by molar-refractivity contribution is -0.136. The standard InChI is InChI=1S/C11H15N5O4/c1-3-16-8-7(9(19)14-11(16)20)15(2)10(13-8)12-5-4-6(17)18/h3-5H2,1-2H3,(H,12,13)(H,17,18)(H,14,19,20). The van der Waals surface area contributed by atoms with Gasteiger partial charge >= 0.3 is 11.7 Å². The van der Waals surface area contributed by atoms with Crippen LogP contribution in [0.25, 0.3) is 11.2 Å². The minimum absolute atomic E-state index is 0.0693. The van der Waals surface area contributed by atoms with Crippen molar-refractivity contribution in [1.29, 1.82) is 0 Å². The molecule has 2 rings (SSSR count). The van der Waals surface area contributed by atoms with E-state index in [9.17, 15) is 14.4 Å². The van der Waals surface area contributed by atoms with Crippen LogP contribution in [-0.2, 0) is 18.4 Å². The van der Waals surface area contributed by atoms with Crippen molar-refractivity contribution >= 4 is 23.1 Å². The lowest BCUT2D eigenvalue weighted by Crippen LogP contribution is -2.30. The topological polar surface area (TPSA) is 122 Å². The van der Waals surface area contributed by atoms with Crippen molar-refractivity contribution in [3.05, 3.63) is 20.8 Å². The van der Waals surface area contributed by atoms with Gasteiger partial charge in [-0.25, -0.2) is 4.79 Å². The van der Waals surface area contributed by atoms with Gasteiger partial charge in [0.25, 0.3) is 5.56 Å². The average molecular weight is 281 g/mol. The number of carboxylic acids is 1. The summed E-state index contributed by atoms with van der Waals surface area (Å²) in [6.45, 7) is 2.32. The number of aromatic amines is 1. The molecular weight excluding hydrogens is 266 g/mol. The van der Waals surface area contributed by atoms with Gasteiger partial charge in [-0.2, -0.15) is 4.98 Å². The number of imidazole rings is 1. The summed E-state index contributed by atoms with van der Waals surface area (Å²) in [6, 6.07) is 0. The van der Waals surface area contributed by atoms with E-state index >= 15 is 0 Å². The summed E-state index contributed by atoms with van der Waals surface area (Å²) in [4.78, 5) is 40.4. The van der Waals surface area contributed by atoms with E-state index in [1.165, 1.54) is 9.13 Å². The molecule has 9 heteroatoms. The van der Waals surface area contributed by atoms with Crippen LogP contribution in [-0.4, -0.2) is 36.7 Å². The smallest absolute Gasteiger partial charge is 0.330 e. The molecule has 0 saturated heterocycles. The average Bonchev–Trinajstić information content (AvgIpc) is 2.67. The SMILES string of the molecule is CCn1c(=O)[nH]c(=O)c2c1nc(NCCC(=O)O)n2C. The molecule has 108 valence electrons. The molecule has 0 atom stereocenters. The Kier molecular flexibility index (Phi) is 3.59. The van der Waals surface area contributed by atoms with Gasteiger partial charge in [-0.3, -0.25) is 19.1 Å². The van der Waals surface area contributed by atoms with Gasteiger partial charge in [0.2, 0.25) is 5.95 Å². The third-order valence-electron chi connectivity index (χ3n) is 2.95. The van der Waals surface area contributed by atoms with Crippen molar-refractivity contribution in [2.24, 2.45) is 7.05 Å². The number of fused-ring (bicyclic) bond motifs is 1. The number of rotatable bonds is 5. The predicted molar refractivity (Wildman–Crippen MR) is 72.0 cm³/mol. The van der Waals surface area contributed by atoms with E-state index in [2.05, 4.69) is 15.3 Å². The Bertz CT molecular complexity index is 769. The van der Waals surface area contributed by atoms with Gasteiger partial charge in [0, 0.05) is 20.1 Å². The van der Waals surface area contributed by atoms with Crippen LogP contribution in [0.1, 0.15) is 13.3 Å². The van der Waals surface area contributed by atoms with E-state index in [4.69, 9.17) is 5.11 Å². The highest BCUT2D eigenvalue weighted by atomic mass is 16.4. The molecule has 0 unspecified atom stereocenters. The Balaban J connectivity index is 2.52. The quantitative estimate of drug-likeness (QED) is 0.668. The zero-order valence-electron chi connectivity index (χ0n) is 11.1. The summed E-state index contributed by atoms with van der Waals surface area (Å²) in [6.07, 6.45) is -0.0693. The van der Waals surface area contributed by atoms with E-state index in [0.717, 1.165) is 0 Å². The minimum Gasteiger partial charge on any atom is -0.481 e. The Morgan fingerprint density at radius 3 is 2.75 bits per heavy atom. The Morgan fingerprint density at radius 1 is 1.45 bits per heavy atom. The molecule has 0 aromatic carbocycles. The van der Waals surface area contributed by atoms with Crippen molar-refractivity contribution in [3.8, 4) is 0 Å². The first-order chi connectivity index (χ1) is 9.45. The molecule has 0 aliphatic rings. The molecule has 0 aliphatic carbocycles. The van der Waals surface area contributed by atoms with Gasteiger partial charge in [0.15, 0.2) is 11.2 Å². The van der Waals surface area contributed by atoms with Crippen LogP contribution in [0, 0.1) is 0 Å². The maximum Gasteiger partial charge on any atom is 0.330 e. The van der Waals surface area contributed by atoms with Gasteiger partial charge in [-0.15, -0.1) is 0 Å². The molecule has 2 heterocycles. The Morgan fingerprint density at radius 2 is 2.15 bits per heavy atom. The molecule has 0 spiro atoms. The van der Waals surface area contributed by atoms with Crippen molar-refractivity contribution in [3.63, 3.8) is 0 Å². The number of aliphatic carboxylic acids is 1. The molecule has 2 aromatic rings. The number of carboxylic acid groups (broad SMARTS) is 1. The highest BCUT2D eigenvalue weighted by Gasteiger charge is 2.15. The molecule has 0 aliphatic heterocycles. The fraction of sp³-hybridized carbons (Fsp3) is 0.455. The molecule has 0 amide bonds. The monoisotopic (exact) mass is 281 g/mol. The van der Waals surface area contributed by atoms with Gasteiger partial charge < -0.3 is 15.0 Å². The van der Waals surface area contributed by atoms with Crippen LogP contribution >= 0.6 is 0 Å². The fourth-order valence-electron chi connectivity index (χ4n) is 1.98. The van der Waals surface area contributed by atoms with Crippen LogP contribution in [0.3, 0.4) is 0 Å². The van der Waals surface area contributed by atoms with Gasteiger partial charge in [-0.05, 0) is 6.92 Å². The summed E-state index contributed by atoms with van der Waals surface area (Å²) in [5.74, 6) is -0.584. The molecule has 2 aromatic heterocycles. The zero-order valence-corrected chi connectivity index (χ0v) is 11.1. The second kappa shape index (κ2) is 5.19. The largest absolute Gasteiger partial charge is 0.481 e. The van der Waals surface area contributed by atoms with Gasteiger partial charge in [-0.1, -0.05) is 0 Å². The maximum atomic E-state index is 11.8. The zero-order chi connectivity index (χ0) is 14.9. The highest BCUT2D eigenvalue weighted by Crippen LogP contribution is 2.13.